The van der Waals surface area contributed by atoms with E-state index in [4.69, 9.17) is 0 Å². The van der Waals surface area contributed by atoms with Gasteiger partial charge in [0.15, 0.2) is 0 Å². The number of hydrogen-bond donors (Lipinski definition) is 1. The minimum atomic E-state index is 0.269. The van der Waals surface area contributed by atoms with Crippen LogP contribution in [0.4, 0.5) is 0 Å². The minimum absolute atomic E-state index is 0.269. The number of carbonyl (C=O) groups is 1. The molecule has 0 saturated heterocycles. The van der Waals surface area contributed by atoms with Crippen molar-refractivity contribution in [3.05, 3.63) is 0 Å². The topological polar surface area (TPSA) is 32.3 Å². The zero-order chi connectivity index (χ0) is 34.3. The molecule has 0 aliphatic heterocycles. The predicted molar refractivity (Wildman–Crippen MR) is 213 cm³/mol. The first kappa shape index (κ1) is 46.4. The number of rotatable bonds is 40. The number of unbranched alkanes of at least 4 members (excludes halogenated alkanes) is 28. The third-order valence-corrected chi connectivity index (χ3v) is 10.6. The van der Waals surface area contributed by atoms with Gasteiger partial charge in [-0.05, 0) is 45.8 Å². The highest BCUT2D eigenvalue weighted by Crippen LogP contribution is 2.25. The molecule has 0 atom stereocenters. The van der Waals surface area contributed by atoms with Gasteiger partial charge >= 0.3 is 0 Å². The average molecular weight is 663 g/mol. The van der Waals surface area contributed by atoms with Crippen molar-refractivity contribution in [2.75, 3.05) is 27.2 Å². The van der Waals surface area contributed by atoms with Gasteiger partial charge in [0.1, 0.15) is 0 Å². The number of carbonyl (C=O) groups excluding carboxylic acids is 1. The summed E-state index contributed by atoms with van der Waals surface area (Å²) in [6.45, 7) is 6.56. The number of hydrogen-bond acceptors (Lipinski definition) is 2. The van der Waals surface area contributed by atoms with Crippen molar-refractivity contribution >= 4 is 5.91 Å². The molecule has 0 aliphatic rings. The Labute approximate surface area is 298 Å². The first-order valence-corrected chi connectivity index (χ1v) is 22.0. The average Bonchev–Trinajstić information content (AvgIpc) is 3.06. The molecular weight excluding hydrogens is 572 g/mol. The molecule has 3 heteroatoms. The summed E-state index contributed by atoms with van der Waals surface area (Å²) in [5.41, 5.74) is 0. The maximum Gasteiger partial charge on any atom is 0.219 e. The lowest BCUT2D eigenvalue weighted by atomic mass is 9.89. The van der Waals surface area contributed by atoms with Crippen molar-refractivity contribution in [3.8, 4) is 0 Å². The second kappa shape index (κ2) is 39.9. The Morgan fingerprint density at radius 1 is 0.426 bits per heavy atom. The minimum Gasteiger partial charge on any atom is -0.356 e. The molecule has 1 N–H and O–H groups in total. The maximum atomic E-state index is 12.3. The van der Waals surface area contributed by atoms with E-state index in [2.05, 4.69) is 38.2 Å². The molecule has 0 saturated carbocycles. The first-order valence-electron chi connectivity index (χ1n) is 22.0. The summed E-state index contributed by atoms with van der Waals surface area (Å²) in [4.78, 5) is 14.5. The van der Waals surface area contributed by atoms with Crippen molar-refractivity contribution < 1.29 is 4.79 Å². The van der Waals surface area contributed by atoms with Gasteiger partial charge in [-0.15, -0.1) is 0 Å². The van der Waals surface area contributed by atoms with Gasteiger partial charge in [-0.1, -0.05) is 219 Å². The largest absolute Gasteiger partial charge is 0.356 e. The molecule has 0 aromatic rings. The molecule has 0 aromatic carbocycles. The van der Waals surface area contributed by atoms with Crippen molar-refractivity contribution in [2.45, 2.75) is 245 Å². The molecule has 0 fully saturated rings. The molecule has 47 heavy (non-hydrogen) atoms. The van der Waals surface area contributed by atoms with E-state index in [1.807, 2.05) is 0 Å². The Bertz CT molecular complexity index is 559. The normalized spacial score (nSPS) is 11.7. The van der Waals surface area contributed by atoms with Gasteiger partial charge in [0.25, 0.3) is 0 Å². The van der Waals surface area contributed by atoms with Gasteiger partial charge in [0, 0.05) is 13.0 Å². The maximum absolute atomic E-state index is 12.3. The fourth-order valence-electron chi connectivity index (χ4n) is 7.28. The molecule has 0 aromatic heterocycles. The second-order valence-corrected chi connectivity index (χ2v) is 15.7. The Hall–Kier alpha value is -0.570. The van der Waals surface area contributed by atoms with Gasteiger partial charge in [0.05, 0.1) is 0 Å². The van der Waals surface area contributed by atoms with Crippen LogP contribution >= 0.6 is 0 Å². The fourth-order valence-corrected chi connectivity index (χ4v) is 7.28. The van der Waals surface area contributed by atoms with E-state index in [1.54, 1.807) is 0 Å². The zero-order valence-electron chi connectivity index (χ0n) is 33.3. The molecule has 0 spiro atoms. The highest BCUT2D eigenvalue weighted by molar-refractivity contribution is 5.75. The van der Waals surface area contributed by atoms with Crippen LogP contribution in [0.15, 0.2) is 0 Å². The van der Waals surface area contributed by atoms with Crippen molar-refractivity contribution in [2.24, 2.45) is 5.92 Å². The molecule has 3 nitrogen and oxygen atoms in total. The van der Waals surface area contributed by atoms with Crippen LogP contribution in [0.5, 0.6) is 0 Å². The van der Waals surface area contributed by atoms with E-state index in [0.717, 1.165) is 44.7 Å². The van der Waals surface area contributed by atoms with Crippen molar-refractivity contribution in [1.82, 2.24) is 10.2 Å². The predicted octanol–water partition coefficient (Wildman–Crippen LogP) is 14.4. The summed E-state index contributed by atoms with van der Waals surface area (Å²) < 4.78 is 0. The molecule has 282 valence electrons. The van der Waals surface area contributed by atoms with Crippen molar-refractivity contribution in [1.29, 1.82) is 0 Å². The molecule has 0 bridgehead atoms. The summed E-state index contributed by atoms with van der Waals surface area (Å²) in [5.74, 6) is 1.16. The molecule has 0 aliphatic carbocycles. The van der Waals surface area contributed by atoms with Crippen LogP contribution in [0.3, 0.4) is 0 Å². The van der Waals surface area contributed by atoms with Crippen LogP contribution in [-0.2, 0) is 4.79 Å². The lowest BCUT2D eigenvalue weighted by Crippen LogP contribution is -2.25. The Balaban J connectivity index is 4.02. The highest BCUT2D eigenvalue weighted by atomic mass is 16.1. The lowest BCUT2D eigenvalue weighted by Gasteiger charge is -2.17. The smallest absolute Gasteiger partial charge is 0.219 e. The van der Waals surface area contributed by atoms with Crippen LogP contribution < -0.4 is 5.32 Å². The van der Waals surface area contributed by atoms with Gasteiger partial charge in [-0.3, -0.25) is 4.79 Å². The number of amides is 1. The molecule has 1 amide bonds. The molecule has 0 radical (unpaired) electrons. The van der Waals surface area contributed by atoms with E-state index < -0.39 is 0 Å². The molecular formula is C44H90N2O. The highest BCUT2D eigenvalue weighted by Gasteiger charge is 2.10. The third kappa shape index (κ3) is 39.7. The van der Waals surface area contributed by atoms with Crippen LogP contribution in [0.25, 0.3) is 0 Å². The van der Waals surface area contributed by atoms with E-state index in [0.29, 0.717) is 0 Å². The molecule has 0 unspecified atom stereocenters. The van der Waals surface area contributed by atoms with Crippen LogP contribution in [0.1, 0.15) is 245 Å². The summed E-state index contributed by atoms with van der Waals surface area (Å²) in [7, 11) is 4.23. The SMILES string of the molecule is CCCCCCCCCCCCCCCCC(CCCCCCCCCCCCCCCC)CCCCC(=O)NCCCCN(C)C. The van der Waals surface area contributed by atoms with Gasteiger partial charge in [0.2, 0.25) is 5.91 Å². The summed E-state index contributed by atoms with van der Waals surface area (Å²) >= 11 is 0. The number of nitrogens with zero attached hydrogens (tertiary/aromatic N) is 1. The summed E-state index contributed by atoms with van der Waals surface area (Å²) in [6, 6.07) is 0. The van der Waals surface area contributed by atoms with Crippen LogP contribution in [0.2, 0.25) is 0 Å². The molecule has 0 rings (SSSR count). The van der Waals surface area contributed by atoms with E-state index in [1.165, 1.54) is 205 Å². The molecule has 0 heterocycles. The Morgan fingerprint density at radius 2 is 0.745 bits per heavy atom. The monoisotopic (exact) mass is 663 g/mol. The standard InChI is InChI=1S/C44H90N2O/c1-5-7-9-11-13-15-17-19-21-23-25-27-29-31-37-43(39-33-34-40-44(47)45-41-35-36-42-46(3)4)38-32-30-28-26-24-22-20-18-16-14-12-10-8-6-2/h43H,5-42H2,1-4H3,(H,45,47). The van der Waals surface area contributed by atoms with E-state index in [9.17, 15) is 4.79 Å². The Morgan fingerprint density at radius 3 is 1.09 bits per heavy atom. The quantitative estimate of drug-likeness (QED) is 0.0662. The fraction of sp³-hybridized carbons (Fsp3) is 0.977. The van der Waals surface area contributed by atoms with Gasteiger partial charge in [-0.25, -0.2) is 0 Å². The van der Waals surface area contributed by atoms with E-state index in [-0.39, 0.29) is 5.91 Å². The number of nitrogens with one attached hydrogen (secondary N) is 1. The van der Waals surface area contributed by atoms with Gasteiger partial charge < -0.3 is 10.2 Å². The van der Waals surface area contributed by atoms with Gasteiger partial charge in [-0.2, -0.15) is 0 Å². The van der Waals surface area contributed by atoms with E-state index >= 15 is 0 Å². The zero-order valence-corrected chi connectivity index (χ0v) is 33.3. The lowest BCUT2D eigenvalue weighted by molar-refractivity contribution is -0.121. The Kier molecular flexibility index (Phi) is 39.4. The third-order valence-electron chi connectivity index (χ3n) is 10.6. The summed E-state index contributed by atoms with van der Waals surface area (Å²) in [5, 5.41) is 3.15. The van der Waals surface area contributed by atoms with Crippen LogP contribution in [0, 0.1) is 5.92 Å². The second-order valence-electron chi connectivity index (χ2n) is 15.7. The van der Waals surface area contributed by atoms with Crippen molar-refractivity contribution in [3.63, 3.8) is 0 Å². The summed E-state index contributed by atoms with van der Waals surface area (Å²) in [6.07, 6.45) is 49.9. The first-order chi connectivity index (χ1) is 23.1. The van der Waals surface area contributed by atoms with Crippen LogP contribution in [-0.4, -0.2) is 38.0 Å².